The van der Waals surface area contributed by atoms with Crippen LogP contribution in [-0.4, -0.2) is 69.9 Å². The van der Waals surface area contributed by atoms with E-state index in [9.17, 15) is 23.5 Å². The van der Waals surface area contributed by atoms with Crippen LogP contribution in [0.5, 0.6) is 0 Å². The lowest BCUT2D eigenvalue weighted by Gasteiger charge is -2.45. The minimum Gasteiger partial charge on any atom is -0.477 e. The number of carbonyl (C=O) groups excluding carboxylic acids is 1. The maximum atomic E-state index is 14.5. The van der Waals surface area contributed by atoms with Crippen molar-refractivity contribution in [3.8, 4) is 0 Å². The van der Waals surface area contributed by atoms with Crippen LogP contribution in [-0.2, 0) is 14.3 Å². The van der Waals surface area contributed by atoms with Crippen molar-refractivity contribution in [1.82, 2.24) is 5.32 Å². The molecule has 1 aliphatic heterocycles. The zero-order chi connectivity index (χ0) is 18.7. The molecule has 0 aromatic heterocycles. The summed E-state index contributed by atoms with van der Waals surface area (Å²) in [5.41, 5.74) is 5.22. The Kier molecular flexibility index (Phi) is 6.58. The standard InChI is InChI=1S/C13H21F2N3O6/c1-5(20)18-10-7(3-9(16)17)11(14)13(15,12(22)23)24-8(10)2-6(21)4-19/h6-8,10-11,19,21H,2-4H2,1H3,(H3,16,17)(H,18,20)(H,22,23)/t6-,7+,8-,10+,11+,13+/m0/s1. The highest BCUT2D eigenvalue weighted by molar-refractivity contribution is 5.79. The Bertz CT molecular complexity index is 508. The molecule has 11 heteroatoms. The predicted molar refractivity (Wildman–Crippen MR) is 76.6 cm³/mol. The van der Waals surface area contributed by atoms with Gasteiger partial charge < -0.3 is 31.1 Å². The predicted octanol–water partition coefficient (Wildman–Crippen LogP) is -1.34. The van der Waals surface area contributed by atoms with Gasteiger partial charge in [0, 0.05) is 25.7 Å². The highest BCUT2D eigenvalue weighted by Crippen LogP contribution is 2.40. The van der Waals surface area contributed by atoms with Crippen molar-refractivity contribution in [2.75, 3.05) is 6.61 Å². The lowest BCUT2D eigenvalue weighted by molar-refractivity contribution is -0.268. The first-order valence-electron chi connectivity index (χ1n) is 7.16. The van der Waals surface area contributed by atoms with Crippen LogP contribution in [0.1, 0.15) is 19.8 Å². The minimum absolute atomic E-state index is 0.457. The smallest absolute Gasteiger partial charge is 0.372 e. The maximum Gasteiger partial charge on any atom is 0.372 e. The van der Waals surface area contributed by atoms with Crippen LogP contribution >= 0.6 is 0 Å². The van der Waals surface area contributed by atoms with Gasteiger partial charge in [-0.05, 0) is 0 Å². The summed E-state index contributed by atoms with van der Waals surface area (Å²) in [4.78, 5) is 22.5. The number of nitrogens with one attached hydrogen (secondary N) is 2. The van der Waals surface area contributed by atoms with Crippen molar-refractivity contribution in [2.45, 2.75) is 50.0 Å². The third-order valence-corrected chi connectivity index (χ3v) is 3.75. The molecule has 0 spiro atoms. The number of nitrogens with two attached hydrogens (primary N) is 1. The van der Waals surface area contributed by atoms with Gasteiger partial charge in [-0.2, -0.15) is 4.39 Å². The molecule has 24 heavy (non-hydrogen) atoms. The largest absolute Gasteiger partial charge is 0.477 e. The van der Waals surface area contributed by atoms with Crippen molar-refractivity contribution in [3.63, 3.8) is 0 Å². The number of carboxylic acid groups (broad SMARTS) is 1. The molecule has 9 nitrogen and oxygen atoms in total. The van der Waals surface area contributed by atoms with Crippen LogP contribution in [0.25, 0.3) is 0 Å². The van der Waals surface area contributed by atoms with Gasteiger partial charge in [0.2, 0.25) is 5.91 Å². The number of rotatable bonds is 7. The van der Waals surface area contributed by atoms with E-state index in [1.165, 1.54) is 0 Å². The zero-order valence-electron chi connectivity index (χ0n) is 12.9. The van der Waals surface area contributed by atoms with E-state index in [1.54, 1.807) is 0 Å². The minimum atomic E-state index is -3.73. The number of amides is 1. The number of amidine groups is 1. The SMILES string of the molecule is CC(=O)N[C@@H]1[C@@H](CC(=N)N)[C@@H](F)[C@](F)(C(=O)O)O[C@H]1C[C@H](O)CO. The molecule has 0 bridgehead atoms. The molecule has 1 heterocycles. The van der Waals surface area contributed by atoms with Gasteiger partial charge in [0.15, 0.2) is 6.17 Å². The molecule has 0 aromatic carbocycles. The Balaban J connectivity index is 3.26. The summed E-state index contributed by atoms with van der Waals surface area (Å²) >= 11 is 0. The lowest BCUT2D eigenvalue weighted by Crippen LogP contribution is -2.66. The first kappa shape index (κ1) is 20.2. The second-order valence-corrected chi connectivity index (χ2v) is 5.70. The molecule has 7 N–H and O–H groups in total. The molecule has 1 amide bonds. The van der Waals surface area contributed by atoms with Crippen molar-refractivity contribution in [2.24, 2.45) is 11.7 Å². The number of hydrogen-bond acceptors (Lipinski definition) is 6. The molecule has 0 radical (unpaired) electrons. The number of alkyl halides is 2. The van der Waals surface area contributed by atoms with Crippen LogP contribution in [0.15, 0.2) is 0 Å². The fraction of sp³-hybridized carbons (Fsp3) is 0.769. The number of carbonyl (C=O) groups is 2. The van der Waals surface area contributed by atoms with E-state index in [-0.39, 0.29) is 0 Å². The van der Waals surface area contributed by atoms with Gasteiger partial charge in [0.05, 0.1) is 30.7 Å². The van der Waals surface area contributed by atoms with Crippen LogP contribution < -0.4 is 11.1 Å². The average molecular weight is 353 g/mol. The van der Waals surface area contributed by atoms with E-state index in [1.807, 2.05) is 0 Å². The fourth-order valence-electron chi connectivity index (χ4n) is 2.72. The van der Waals surface area contributed by atoms with Gasteiger partial charge >= 0.3 is 11.8 Å². The topological polar surface area (TPSA) is 166 Å². The van der Waals surface area contributed by atoms with Crippen LogP contribution in [0.3, 0.4) is 0 Å². The second kappa shape index (κ2) is 7.81. The fourth-order valence-corrected chi connectivity index (χ4v) is 2.72. The van der Waals surface area contributed by atoms with Gasteiger partial charge in [-0.15, -0.1) is 0 Å². The van der Waals surface area contributed by atoms with Crippen molar-refractivity contribution in [3.05, 3.63) is 0 Å². The molecular formula is C13H21F2N3O6. The monoisotopic (exact) mass is 353 g/mol. The van der Waals surface area contributed by atoms with Gasteiger partial charge in [-0.1, -0.05) is 0 Å². The van der Waals surface area contributed by atoms with Crippen LogP contribution in [0.2, 0.25) is 0 Å². The first-order valence-corrected chi connectivity index (χ1v) is 7.16. The molecule has 6 atom stereocenters. The number of aliphatic carboxylic acids is 1. The number of carboxylic acids is 1. The molecule has 1 rings (SSSR count). The summed E-state index contributed by atoms with van der Waals surface area (Å²) < 4.78 is 33.8. The summed E-state index contributed by atoms with van der Waals surface area (Å²) in [6, 6.07) is -1.24. The normalized spacial score (nSPS) is 34.4. The van der Waals surface area contributed by atoms with E-state index < -0.39 is 73.4 Å². The summed E-state index contributed by atoms with van der Waals surface area (Å²) in [6.45, 7) is 0.377. The Morgan fingerprint density at radius 1 is 1.50 bits per heavy atom. The molecule has 0 unspecified atom stereocenters. The number of hydrogen-bond donors (Lipinski definition) is 6. The van der Waals surface area contributed by atoms with E-state index in [0.29, 0.717) is 0 Å². The number of halogens is 2. The van der Waals surface area contributed by atoms with E-state index in [2.05, 4.69) is 5.32 Å². The molecule has 1 fully saturated rings. The summed E-state index contributed by atoms with van der Waals surface area (Å²) in [7, 11) is 0. The molecule has 1 saturated heterocycles. The molecule has 0 saturated carbocycles. The molecular weight excluding hydrogens is 332 g/mol. The van der Waals surface area contributed by atoms with E-state index in [0.717, 1.165) is 6.92 Å². The number of ether oxygens (including phenoxy) is 1. The Morgan fingerprint density at radius 2 is 2.08 bits per heavy atom. The maximum absolute atomic E-state index is 14.5. The molecule has 0 aliphatic carbocycles. The lowest BCUT2D eigenvalue weighted by atomic mass is 9.79. The third-order valence-electron chi connectivity index (χ3n) is 3.75. The van der Waals surface area contributed by atoms with Gasteiger partial charge in [0.25, 0.3) is 0 Å². The van der Waals surface area contributed by atoms with E-state index in [4.69, 9.17) is 26.1 Å². The van der Waals surface area contributed by atoms with Gasteiger partial charge in [0.1, 0.15) is 0 Å². The molecule has 0 aromatic rings. The highest BCUT2D eigenvalue weighted by atomic mass is 19.2. The second-order valence-electron chi connectivity index (χ2n) is 5.70. The summed E-state index contributed by atoms with van der Waals surface area (Å²) in [5.74, 6) is -8.61. The quantitative estimate of drug-likeness (QED) is 0.243. The van der Waals surface area contributed by atoms with Gasteiger partial charge in [-0.3, -0.25) is 10.2 Å². The summed E-state index contributed by atoms with van der Waals surface area (Å²) in [6.07, 6.45) is -6.55. The molecule has 138 valence electrons. The van der Waals surface area contributed by atoms with Crippen molar-refractivity contribution < 1.29 is 38.4 Å². The Morgan fingerprint density at radius 3 is 2.50 bits per heavy atom. The zero-order valence-corrected chi connectivity index (χ0v) is 12.9. The van der Waals surface area contributed by atoms with Gasteiger partial charge in [-0.25, -0.2) is 9.18 Å². The Labute approximate surface area is 136 Å². The summed E-state index contributed by atoms with van der Waals surface area (Å²) in [5, 5.41) is 37.0. The van der Waals surface area contributed by atoms with Crippen molar-refractivity contribution in [1.29, 1.82) is 5.41 Å². The third kappa shape index (κ3) is 4.36. The number of aliphatic hydroxyl groups excluding tert-OH is 2. The average Bonchev–Trinajstić information content (AvgIpc) is 2.46. The van der Waals surface area contributed by atoms with Crippen LogP contribution in [0, 0.1) is 11.3 Å². The highest BCUT2D eigenvalue weighted by Gasteiger charge is 2.61. The van der Waals surface area contributed by atoms with Crippen LogP contribution in [0.4, 0.5) is 8.78 Å². The number of aliphatic hydroxyl groups is 2. The molecule has 1 aliphatic rings. The first-order chi connectivity index (χ1) is 11.0. The Hall–Kier alpha value is -1.85. The van der Waals surface area contributed by atoms with Crippen molar-refractivity contribution >= 4 is 17.7 Å². The van der Waals surface area contributed by atoms with E-state index >= 15 is 0 Å².